The largest absolute Gasteiger partial charge is 0.448 e. The van der Waals surface area contributed by atoms with Crippen molar-refractivity contribution < 1.29 is 9.21 Å². The second-order valence-electron chi connectivity index (χ2n) is 6.61. The molecule has 7 heteroatoms. The second kappa shape index (κ2) is 6.74. The van der Waals surface area contributed by atoms with E-state index in [2.05, 4.69) is 9.97 Å². The van der Waals surface area contributed by atoms with E-state index in [0.29, 0.717) is 18.1 Å². The van der Waals surface area contributed by atoms with Crippen LogP contribution in [0.1, 0.15) is 46.7 Å². The molecule has 1 atom stereocenters. The van der Waals surface area contributed by atoms with Crippen molar-refractivity contribution in [1.29, 1.82) is 0 Å². The first-order chi connectivity index (χ1) is 12.6. The van der Waals surface area contributed by atoms with Gasteiger partial charge >= 0.3 is 0 Å². The highest BCUT2D eigenvalue weighted by Crippen LogP contribution is 2.27. The summed E-state index contributed by atoms with van der Waals surface area (Å²) < 4.78 is 7.14. The lowest BCUT2D eigenvalue weighted by Crippen LogP contribution is -2.39. The van der Waals surface area contributed by atoms with E-state index < -0.39 is 0 Å². The summed E-state index contributed by atoms with van der Waals surface area (Å²) in [6, 6.07) is 6.02. The van der Waals surface area contributed by atoms with Crippen molar-refractivity contribution >= 4 is 5.91 Å². The molecule has 0 bridgehead atoms. The number of aryl methyl sites for hydroxylation is 2. The summed E-state index contributed by atoms with van der Waals surface area (Å²) in [6.07, 6.45) is 7.07. The number of likely N-dealkylation sites (tertiary alicyclic amines) is 1. The van der Waals surface area contributed by atoms with Gasteiger partial charge in [-0.1, -0.05) is 6.07 Å². The minimum absolute atomic E-state index is 0.0758. The molecule has 134 valence electrons. The molecule has 1 amide bonds. The quantitative estimate of drug-likeness (QED) is 0.725. The number of carbonyl (C=O) groups excluding carboxylic acids is 1. The Labute approximate surface area is 151 Å². The molecule has 0 N–H and O–H groups in total. The normalized spacial score (nSPS) is 17.5. The molecule has 0 aliphatic carbocycles. The zero-order valence-corrected chi connectivity index (χ0v) is 14.9. The zero-order valence-electron chi connectivity index (χ0n) is 14.9. The summed E-state index contributed by atoms with van der Waals surface area (Å²) in [6.45, 7) is 5.07. The lowest BCUT2D eigenvalue weighted by atomic mass is 9.94. The number of nitrogens with zero attached hydrogens (tertiary/aromatic N) is 5. The van der Waals surface area contributed by atoms with Gasteiger partial charge in [-0.15, -0.1) is 0 Å². The van der Waals surface area contributed by atoms with Gasteiger partial charge < -0.3 is 9.32 Å². The summed E-state index contributed by atoms with van der Waals surface area (Å²) in [5.41, 5.74) is 1.38. The van der Waals surface area contributed by atoms with Crippen molar-refractivity contribution in [3.05, 3.63) is 60.0 Å². The van der Waals surface area contributed by atoms with Crippen molar-refractivity contribution in [3.63, 3.8) is 0 Å². The van der Waals surface area contributed by atoms with Crippen LogP contribution in [-0.4, -0.2) is 43.4 Å². The molecule has 26 heavy (non-hydrogen) atoms. The monoisotopic (exact) mass is 351 g/mol. The summed E-state index contributed by atoms with van der Waals surface area (Å²) in [7, 11) is 0. The molecule has 4 heterocycles. The van der Waals surface area contributed by atoms with Crippen molar-refractivity contribution in [3.8, 4) is 5.82 Å². The molecular formula is C19H21N5O2. The van der Waals surface area contributed by atoms with Gasteiger partial charge in [-0.2, -0.15) is 0 Å². The van der Waals surface area contributed by atoms with E-state index >= 15 is 0 Å². The number of carbonyl (C=O) groups is 1. The number of imidazole rings is 1. The maximum absolute atomic E-state index is 12.7. The zero-order chi connectivity index (χ0) is 18.1. The van der Waals surface area contributed by atoms with Gasteiger partial charge in [0.05, 0.1) is 0 Å². The predicted molar refractivity (Wildman–Crippen MR) is 95.2 cm³/mol. The van der Waals surface area contributed by atoms with Gasteiger partial charge in [0.25, 0.3) is 5.91 Å². The Bertz CT molecular complexity index is 929. The van der Waals surface area contributed by atoms with E-state index in [-0.39, 0.29) is 11.8 Å². The Hall–Kier alpha value is -2.96. The molecule has 0 aromatic carbocycles. The van der Waals surface area contributed by atoms with Crippen LogP contribution in [0.4, 0.5) is 0 Å². The lowest BCUT2D eigenvalue weighted by Gasteiger charge is -2.32. The highest BCUT2D eigenvalue weighted by Gasteiger charge is 2.27. The van der Waals surface area contributed by atoms with Gasteiger partial charge in [-0.25, -0.2) is 15.0 Å². The van der Waals surface area contributed by atoms with Gasteiger partial charge in [0.2, 0.25) is 0 Å². The van der Waals surface area contributed by atoms with E-state index in [9.17, 15) is 4.79 Å². The first-order valence-electron chi connectivity index (χ1n) is 8.80. The first kappa shape index (κ1) is 16.5. The van der Waals surface area contributed by atoms with Crippen molar-refractivity contribution in [2.45, 2.75) is 32.6 Å². The molecule has 0 unspecified atom stereocenters. The van der Waals surface area contributed by atoms with E-state index in [1.807, 2.05) is 40.8 Å². The maximum atomic E-state index is 12.7. The number of oxazole rings is 1. The minimum Gasteiger partial charge on any atom is -0.448 e. The molecule has 1 saturated heterocycles. The summed E-state index contributed by atoms with van der Waals surface area (Å²) in [4.78, 5) is 27.7. The Morgan fingerprint density at radius 3 is 2.88 bits per heavy atom. The smallest absolute Gasteiger partial charge is 0.275 e. The molecular weight excluding hydrogens is 330 g/mol. The predicted octanol–water partition coefficient (Wildman–Crippen LogP) is 2.89. The number of rotatable bonds is 3. The first-order valence-corrected chi connectivity index (χ1v) is 8.80. The summed E-state index contributed by atoms with van der Waals surface area (Å²) >= 11 is 0. The number of amides is 1. The number of hydrogen-bond donors (Lipinski definition) is 0. The summed E-state index contributed by atoms with van der Waals surface area (Å²) in [5, 5.41) is 0. The third kappa shape index (κ3) is 3.12. The third-order valence-corrected chi connectivity index (χ3v) is 4.79. The molecule has 0 radical (unpaired) electrons. The van der Waals surface area contributed by atoms with E-state index in [0.717, 1.165) is 36.7 Å². The van der Waals surface area contributed by atoms with Crippen LogP contribution in [0.25, 0.3) is 5.82 Å². The van der Waals surface area contributed by atoms with Gasteiger partial charge in [-0.05, 0) is 31.9 Å². The number of hydrogen-bond acceptors (Lipinski definition) is 5. The highest BCUT2D eigenvalue weighted by molar-refractivity contribution is 5.92. The molecule has 0 saturated carbocycles. The van der Waals surface area contributed by atoms with Crippen LogP contribution in [-0.2, 0) is 0 Å². The maximum Gasteiger partial charge on any atom is 0.275 e. The fourth-order valence-electron chi connectivity index (χ4n) is 3.45. The molecule has 4 rings (SSSR count). The van der Waals surface area contributed by atoms with Gasteiger partial charge in [0.15, 0.2) is 11.6 Å². The Balaban J connectivity index is 1.55. The van der Waals surface area contributed by atoms with E-state index in [1.165, 1.54) is 6.26 Å². The fraction of sp³-hybridized carbons (Fsp3) is 0.368. The standard InChI is InChI=1S/C19H21N5O2/c1-13-20-8-10-24(13)18-7-3-6-16(22-18)15-5-4-9-23(11-15)19(25)17-12-26-14(2)21-17/h3,6-8,10,12,15H,4-5,9,11H2,1-2H3/t15-/m0/s1. The topological polar surface area (TPSA) is 77.1 Å². The lowest BCUT2D eigenvalue weighted by molar-refractivity contribution is 0.0700. The second-order valence-corrected chi connectivity index (χ2v) is 6.61. The van der Waals surface area contributed by atoms with Crippen LogP contribution < -0.4 is 0 Å². The molecule has 0 spiro atoms. The minimum atomic E-state index is -0.0758. The van der Waals surface area contributed by atoms with Crippen molar-refractivity contribution in [2.24, 2.45) is 0 Å². The van der Waals surface area contributed by atoms with Crippen LogP contribution >= 0.6 is 0 Å². The number of aromatic nitrogens is 4. The van der Waals surface area contributed by atoms with Crippen molar-refractivity contribution in [2.75, 3.05) is 13.1 Å². The molecule has 3 aromatic heterocycles. The third-order valence-electron chi connectivity index (χ3n) is 4.79. The number of pyridine rings is 1. The Kier molecular flexibility index (Phi) is 4.28. The molecule has 7 nitrogen and oxygen atoms in total. The van der Waals surface area contributed by atoms with Gasteiger partial charge in [0, 0.05) is 44.0 Å². The Morgan fingerprint density at radius 2 is 2.15 bits per heavy atom. The molecule has 1 aliphatic heterocycles. The van der Waals surface area contributed by atoms with Crippen LogP contribution in [0.2, 0.25) is 0 Å². The average Bonchev–Trinajstić information content (AvgIpc) is 3.29. The highest BCUT2D eigenvalue weighted by atomic mass is 16.3. The Morgan fingerprint density at radius 1 is 1.27 bits per heavy atom. The van der Waals surface area contributed by atoms with Crippen molar-refractivity contribution in [1.82, 2.24) is 24.4 Å². The van der Waals surface area contributed by atoms with E-state index in [4.69, 9.17) is 9.40 Å². The van der Waals surface area contributed by atoms with Gasteiger partial charge in [-0.3, -0.25) is 9.36 Å². The van der Waals surface area contributed by atoms with Crippen LogP contribution in [0.15, 0.2) is 41.3 Å². The molecule has 1 fully saturated rings. The van der Waals surface area contributed by atoms with Crippen LogP contribution in [0.5, 0.6) is 0 Å². The molecule has 3 aromatic rings. The fourth-order valence-corrected chi connectivity index (χ4v) is 3.45. The van der Waals surface area contributed by atoms with Gasteiger partial charge in [0.1, 0.15) is 17.9 Å². The SMILES string of the molecule is Cc1nc(C(=O)N2CCC[C@H](c3cccc(-n4ccnc4C)n3)C2)co1. The number of piperidine rings is 1. The van der Waals surface area contributed by atoms with Crippen LogP contribution in [0, 0.1) is 13.8 Å². The average molecular weight is 351 g/mol. The van der Waals surface area contributed by atoms with Crippen LogP contribution in [0.3, 0.4) is 0 Å². The summed E-state index contributed by atoms with van der Waals surface area (Å²) in [5.74, 6) is 2.40. The molecule has 1 aliphatic rings. The van der Waals surface area contributed by atoms with E-state index in [1.54, 1.807) is 13.1 Å².